The summed E-state index contributed by atoms with van der Waals surface area (Å²) in [6.45, 7) is 3.67. The van der Waals surface area contributed by atoms with E-state index in [1.807, 2.05) is 0 Å². The lowest BCUT2D eigenvalue weighted by Crippen LogP contribution is -2.39. The summed E-state index contributed by atoms with van der Waals surface area (Å²) in [6.07, 6.45) is 3.73. The second kappa shape index (κ2) is 5.05. The number of nitrogens with one attached hydrogen (secondary N) is 1. The number of rotatable bonds is 3. The maximum atomic E-state index is 12.6. The molecule has 1 N–H and O–H groups in total. The summed E-state index contributed by atoms with van der Waals surface area (Å²) in [5.41, 5.74) is 0.978. The van der Waals surface area contributed by atoms with Gasteiger partial charge in [-0.3, -0.25) is 9.89 Å². The van der Waals surface area contributed by atoms with Crippen LogP contribution in [-0.4, -0.2) is 64.3 Å². The molecule has 0 unspecified atom stereocenters. The summed E-state index contributed by atoms with van der Waals surface area (Å²) in [7, 11) is 1.72. The van der Waals surface area contributed by atoms with Crippen molar-refractivity contribution in [3.05, 3.63) is 17.5 Å². The topological polar surface area (TPSA) is 78.5 Å². The first kappa shape index (κ1) is 13.9. The summed E-state index contributed by atoms with van der Waals surface area (Å²) in [4.78, 5) is 27.5. The number of ether oxygens (including phenoxy) is 1. The van der Waals surface area contributed by atoms with Gasteiger partial charge in [0.25, 0.3) is 5.91 Å². The fourth-order valence-corrected chi connectivity index (χ4v) is 3.13. The first-order chi connectivity index (χ1) is 10.0. The van der Waals surface area contributed by atoms with Gasteiger partial charge in [-0.15, -0.1) is 0 Å². The number of likely N-dealkylation sites (tertiary alicyclic amines) is 1. The standard InChI is InChI=1S/C14H20N4O3/c1-3-4-11-10(7-15-16-11)12(19)18-6-5-14(9-18)8-17(2)13(20)21-14/h7H,3-6,8-9H2,1-2H3,(H,15,16)/t14-/m0/s1. The van der Waals surface area contributed by atoms with E-state index < -0.39 is 5.60 Å². The Balaban J connectivity index is 1.73. The molecule has 1 aromatic rings. The number of hydrogen-bond donors (Lipinski definition) is 1. The van der Waals surface area contributed by atoms with Crippen LogP contribution in [0.5, 0.6) is 0 Å². The van der Waals surface area contributed by atoms with E-state index in [4.69, 9.17) is 4.74 Å². The minimum absolute atomic E-state index is 0.0327. The molecule has 0 bridgehead atoms. The Labute approximate surface area is 123 Å². The van der Waals surface area contributed by atoms with Crippen LogP contribution in [0.1, 0.15) is 35.8 Å². The maximum Gasteiger partial charge on any atom is 0.410 e. The van der Waals surface area contributed by atoms with Gasteiger partial charge >= 0.3 is 6.09 Å². The normalized spacial score (nSPS) is 25.0. The zero-order chi connectivity index (χ0) is 15.0. The lowest BCUT2D eigenvalue weighted by Gasteiger charge is -2.21. The van der Waals surface area contributed by atoms with Crippen LogP contribution in [-0.2, 0) is 11.2 Å². The predicted molar refractivity (Wildman–Crippen MR) is 74.9 cm³/mol. The van der Waals surface area contributed by atoms with Gasteiger partial charge in [0, 0.05) is 25.7 Å². The van der Waals surface area contributed by atoms with Crippen LogP contribution in [0.4, 0.5) is 4.79 Å². The van der Waals surface area contributed by atoms with E-state index in [-0.39, 0.29) is 12.0 Å². The number of likely N-dealkylation sites (N-methyl/N-ethyl adjacent to an activating group) is 1. The summed E-state index contributed by atoms with van der Waals surface area (Å²) >= 11 is 0. The zero-order valence-electron chi connectivity index (χ0n) is 12.4. The van der Waals surface area contributed by atoms with Crippen LogP contribution in [0.15, 0.2) is 6.20 Å². The van der Waals surface area contributed by atoms with Gasteiger partial charge in [-0.1, -0.05) is 13.3 Å². The van der Waals surface area contributed by atoms with Crippen molar-refractivity contribution in [3.8, 4) is 0 Å². The van der Waals surface area contributed by atoms with Gasteiger partial charge in [-0.05, 0) is 6.42 Å². The second-order valence-corrected chi connectivity index (χ2v) is 5.90. The summed E-state index contributed by atoms with van der Waals surface area (Å²) in [6, 6.07) is 0. The highest BCUT2D eigenvalue weighted by Gasteiger charge is 2.49. The van der Waals surface area contributed by atoms with Gasteiger partial charge in [-0.2, -0.15) is 5.10 Å². The molecular formula is C14H20N4O3. The molecule has 7 heteroatoms. The molecule has 2 aliphatic rings. The van der Waals surface area contributed by atoms with E-state index in [0.717, 1.165) is 18.5 Å². The van der Waals surface area contributed by atoms with Crippen LogP contribution in [0.2, 0.25) is 0 Å². The molecule has 7 nitrogen and oxygen atoms in total. The lowest BCUT2D eigenvalue weighted by atomic mass is 10.0. The van der Waals surface area contributed by atoms with E-state index in [0.29, 0.717) is 31.6 Å². The molecular weight excluding hydrogens is 272 g/mol. The Bertz CT molecular complexity index is 570. The van der Waals surface area contributed by atoms with Gasteiger partial charge in [0.05, 0.1) is 24.8 Å². The quantitative estimate of drug-likeness (QED) is 0.902. The van der Waals surface area contributed by atoms with Gasteiger partial charge < -0.3 is 14.5 Å². The molecule has 21 heavy (non-hydrogen) atoms. The van der Waals surface area contributed by atoms with Crippen molar-refractivity contribution < 1.29 is 14.3 Å². The Hall–Kier alpha value is -2.05. The number of amides is 2. The third-order valence-electron chi connectivity index (χ3n) is 4.19. The molecule has 114 valence electrons. The third kappa shape index (κ3) is 2.36. The number of hydrogen-bond acceptors (Lipinski definition) is 4. The number of H-pyrrole nitrogens is 1. The van der Waals surface area contributed by atoms with Crippen LogP contribution >= 0.6 is 0 Å². The Morgan fingerprint density at radius 1 is 1.52 bits per heavy atom. The predicted octanol–water partition coefficient (Wildman–Crippen LogP) is 1.03. The molecule has 3 heterocycles. The van der Waals surface area contributed by atoms with E-state index in [1.165, 1.54) is 0 Å². The van der Waals surface area contributed by atoms with Crippen LogP contribution in [0.25, 0.3) is 0 Å². The third-order valence-corrected chi connectivity index (χ3v) is 4.19. The molecule has 0 aliphatic carbocycles. The fourth-order valence-electron chi connectivity index (χ4n) is 3.13. The van der Waals surface area contributed by atoms with Gasteiger partial charge in [0.15, 0.2) is 5.60 Å². The second-order valence-electron chi connectivity index (χ2n) is 5.90. The van der Waals surface area contributed by atoms with Crippen molar-refractivity contribution >= 4 is 12.0 Å². The van der Waals surface area contributed by atoms with Crippen molar-refractivity contribution in [2.75, 3.05) is 26.7 Å². The molecule has 0 saturated carbocycles. The van der Waals surface area contributed by atoms with Crippen molar-refractivity contribution in [1.29, 1.82) is 0 Å². The van der Waals surface area contributed by atoms with Crippen molar-refractivity contribution in [2.24, 2.45) is 0 Å². The van der Waals surface area contributed by atoms with Crippen molar-refractivity contribution in [3.63, 3.8) is 0 Å². The molecule has 1 aromatic heterocycles. The monoisotopic (exact) mass is 292 g/mol. The SMILES string of the molecule is CCCc1[nH]ncc1C(=O)N1CC[C@]2(CN(C)C(=O)O2)C1. The first-order valence-corrected chi connectivity index (χ1v) is 7.30. The van der Waals surface area contributed by atoms with E-state index in [2.05, 4.69) is 17.1 Å². The average molecular weight is 292 g/mol. The molecule has 1 atom stereocenters. The van der Waals surface area contributed by atoms with Crippen molar-refractivity contribution in [2.45, 2.75) is 31.8 Å². The van der Waals surface area contributed by atoms with Crippen molar-refractivity contribution in [1.82, 2.24) is 20.0 Å². The van der Waals surface area contributed by atoms with Crippen LogP contribution in [0, 0.1) is 0 Å². The van der Waals surface area contributed by atoms with E-state index >= 15 is 0 Å². The molecule has 1 spiro atoms. The zero-order valence-corrected chi connectivity index (χ0v) is 12.4. The Kier molecular flexibility index (Phi) is 3.35. The lowest BCUT2D eigenvalue weighted by molar-refractivity contribution is 0.0552. The Morgan fingerprint density at radius 3 is 3.00 bits per heavy atom. The number of aryl methyl sites for hydroxylation is 1. The summed E-state index contributed by atoms with van der Waals surface area (Å²) in [5.74, 6) is -0.0327. The summed E-state index contributed by atoms with van der Waals surface area (Å²) < 4.78 is 5.47. The molecule has 3 rings (SSSR count). The smallest absolute Gasteiger partial charge is 0.410 e. The van der Waals surface area contributed by atoms with Crippen LogP contribution < -0.4 is 0 Å². The van der Waals surface area contributed by atoms with E-state index in [9.17, 15) is 9.59 Å². The maximum absolute atomic E-state index is 12.6. The van der Waals surface area contributed by atoms with E-state index in [1.54, 1.807) is 23.0 Å². The van der Waals surface area contributed by atoms with Gasteiger partial charge in [-0.25, -0.2) is 4.79 Å². The van der Waals surface area contributed by atoms with Gasteiger partial charge in [0.2, 0.25) is 0 Å². The molecule has 2 saturated heterocycles. The number of carbonyl (C=O) groups excluding carboxylic acids is 2. The number of aromatic amines is 1. The molecule has 0 radical (unpaired) electrons. The first-order valence-electron chi connectivity index (χ1n) is 7.30. The minimum Gasteiger partial charge on any atom is -0.439 e. The van der Waals surface area contributed by atoms with Gasteiger partial charge in [0.1, 0.15) is 0 Å². The number of carbonyl (C=O) groups is 2. The largest absolute Gasteiger partial charge is 0.439 e. The molecule has 2 aliphatic heterocycles. The highest BCUT2D eigenvalue weighted by molar-refractivity contribution is 5.95. The molecule has 2 fully saturated rings. The highest BCUT2D eigenvalue weighted by Crippen LogP contribution is 2.32. The Morgan fingerprint density at radius 2 is 2.33 bits per heavy atom. The minimum atomic E-state index is -0.532. The molecule has 0 aromatic carbocycles. The number of nitrogens with zero attached hydrogens (tertiary/aromatic N) is 3. The van der Waals surface area contributed by atoms with Crippen LogP contribution in [0.3, 0.4) is 0 Å². The fraction of sp³-hybridized carbons (Fsp3) is 0.643. The summed E-state index contributed by atoms with van der Waals surface area (Å²) in [5, 5.41) is 6.88. The highest BCUT2D eigenvalue weighted by atomic mass is 16.6. The molecule has 2 amide bonds. The number of aromatic nitrogens is 2. The average Bonchev–Trinajstić information content (AvgIpc) is 3.12.